The summed E-state index contributed by atoms with van der Waals surface area (Å²) in [7, 11) is 2.12. The zero-order chi connectivity index (χ0) is 30.8. The number of piperidine rings is 1. The van der Waals surface area contributed by atoms with Gasteiger partial charge in [0.05, 0.1) is 11.4 Å². The Kier molecular flexibility index (Phi) is 8.41. The molecule has 1 fully saturated rings. The molecule has 0 unspecified atom stereocenters. The van der Waals surface area contributed by atoms with Crippen molar-refractivity contribution in [2.45, 2.75) is 58.0 Å². The zero-order valence-corrected chi connectivity index (χ0v) is 26.3. The van der Waals surface area contributed by atoms with Gasteiger partial charge in [0.15, 0.2) is 0 Å². The molecule has 7 heteroatoms. The largest absolute Gasteiger partial charge is 0.369 e. The van der Waals surface area contributed by atoms with Gasteiger partial charge in [-0.3, -0.25) is 14.6 Å². The van der Waals surface area contributed by atoms with Crippen molar-refractivity contribution in [2.24, 2.45) is 5.92 Å². The summed E-state index contributed by atoms with van der Waals surface area (Å²) in [6.45, 7) is 10.6. The van der Waals surface area contributed by atoms with Crippen LogP contribution in [-0.2, 0) is 24.9 Å². The highest BCUT2D eigenvalue weighted by Gasteiger charge is 2.35. The fraction of sp³-hybridized carbons (Fsp3) is 0.378. The van der Waals surface area contributed by atoms with E-state index in [1.807, 2.05) is 53.2 Å². The topological polar surface area (TPSA) is 70.5 Å². The lowest BCUT2D eigenvalue weighted by molar-refractivity contribution is 0.102. The number of aromatic nitrogens is 2. The van der Waals surface area contributed by atoms with Crippen LogP contribution in [0.15, 0.2) is 89.9 Å². The Labute approximate surface area is 260 Å². The number of rotatable bonds is 8. The first-order valence-corrected chi connectivity index (χ1v) is 15.7. The number of hydrogen-bond donors (Lipinski definition) is 1. The minimum atomic E-state index is -0.110. The lowest BCUT2D eigenvalue weighted by Gasteiger charge is -2.44. The number of likely N-dealkylation sites (N-methyl/N-ethyl adjacent to an activating group) is 1. The van der Waals surface area contributed by atoms with E-state index in [9.17, 15) is 9.59 Å². The number of pyridine rings is 2. The maximum Gasteiger partial charge on any atom is 0.255 e. The number of anilines is 2. The summed E-state index contributed by atoms with van der Waals surface area (Å²) < 4.78 is 1.96. The molecule has 0 radical (unpaired) electrons. The molecule has 2 aromatic heterocycles. The van der Waals surface area contributed by atoms with Crippen LogP contribution in [0.25, 0.3) is 0 Å². The van der Waals surface area contributed by atoms with E-state index in [-0.39, 0.29) is 22.8 Å². The van der Waals surface area contributed by atoms with Crippen LogP contribution in [-0.4, -0.2) is 47.0 Å². The van der Waals surface area contributed by atoms with Gasteiger partial charge in [0, 0.05) is 74.3 Å². The van der Waals surface area contributed by atoms with Crippen LogP contribution in [0, 0.1) is 5.92 Å². The molecule has 44 heavy (non-hydrogen) atoms. The molecule has 6 rings (SSSR count). The molecule has 4 aromatic rings. The third kappa shape index (κ3) is 6.63. The molecule has 7 nitrogen and oxygen atoms in total. The van der Waals surface area contributed by atoms with E-state index in [1.54, 1.807) is 6.07 Å². The Morgan fingerprint density at radius 1 is 0.977 bits per heavy atom. The van der Waals surface area contributed by atoms with E-state index < -0.39 is 0 Å². The van der Waals surface area contributed by atoms with Gasteiger partial charge in [0.25, 0.3) is 11.5 Å². The average Bonchev–Trinajstić information content (AvgIpc) is 3.01. The molecule has 1 amide bonds. The van der Waals surface area contributed by atoms with E-state index in [4.69, 9.17) is 0 Å². The summed E-state index contributed by atoms with van der Waals surface area (Å²) >= 11 is 0. The van der Waals surface area contributed by atoms with Crippen LogP contribution in [0.1, 0.15) is 66.0 Å². The number of carbonyl (C=O) groups is 1. The van der Waals surface area contributed by atoms with Crippen LogP contribution in [0.4, 0.5) is 11.4 Å². The number of fused-ring (bicyclic) bond motifs is 4. The molecule has 1 saturated heterocycles. The van der Waals surface area contributed by atoms with Gasteiger partial charge < -0.3 is 19.7 Å². The smallest absolute Gasteiger partial charge is 0.255 e. The van der Waals surface area contributed by atoms with Gasteiger partial charge in [-0.15, -0.1) is 0 Å². The zero-order valence-electron chi connectivity index (χ0n) is 26.3. The number of nitrogens with one attached hydrogen (secondary N) is 1. The standard InChI is InChI=1S/C37H43N5O2/c1-37(2,3)30-14-12-28(13-15-30)36(44)39-32-21-26(22-40(4)19-17-31-8-5-6-18-38-31)11-16-34(32)41-23-27-20-29(25-41)33-9-7-10-35(43)42(33)24-27/h5-16,18,21,27,29H,17,19-20,22-25H2,1-4H3,(H,39,44)/t27-,29+/m1/s1. The van der Waals surface area contributed by atoms with Gasteiger partial charge in [-0.05, 0) is 78.4 Å². The Morgan fingerprint density at radius 2 is 1.80 bits per heavy atom. The van der Waals surface area contributed by atoms with Crippen molar-refractivity contribution in [3.63, 3.8) is 0 Å². The Morgan fingerprint density at radius 3 is 2.55 bits per heavy atom. The maximum absolute atomic E-state index is 13.6. The fourth-order valence-corrected chi connectivity index (χ4v) is 6.71. The van der Waals surface area contributed by atoms with Gasteiger partial charge >= 0.3 is 0 Å². The quantitative estimate of drug-likeness (QED) is 0.269. The number of benzene rings is 2. The van der Waals surface area contributed by atoms with Crippen molar-refractivity contribution in [2.75, 3.05) is 36.9 Å². The van der Waals surface area contributed by atoms with Crippen LogP contribution in [0.2, 0.25) is 0 Å². The van der Waals surface area contributed by atoms with Gasteiger partial charge in [0.2, 0.25) is 0 Å². The molecule has 0 saturated carbocycles. The Hall–Kier alpha value is -4.23. The SMILES string of the molecule is CN(CCc1ccccn1)Cc1ccc(N2C[C@H]3C[C@@H](C2)c2cccc(=O)n2C3)c(NC(=O)c2ccc(C(C)(C)C)cc2)c1. The first-order valence-electron chi connectivity index (χ1n) is 15.7. The second kappa shape index (κ2) is 12.4. The predicted molar refractivity (Wildman–Crippen MR) is 178 cm³/mol. The molecule has 2 aliphatic rings. The third-order valence-electron chi connectivity index (χ3n) is 9.07. The van der Waals surface area contributed by atoms with E-state index in [0.29, 0.717) is 11.5 Å². The van der Waals surface area contributed by atoms with Gasteiger partial charge in [-0.1, -0.05) is 51.1 Å². The monoisotopic (exact) mass is 589 g/mol. The molecular formula is C37H43N5O2. The number of amides is 1. The lowest BCUT2D eigenvalue weighted by Crippen LogP contribution is -2.47. The Balaban J connectivity index is 1.25. The minimum absolute atomic E-state index is 0.0230. The fourth-order valence-electron chi connectivity index (χ4n) is 6.71. The molecule has 0 aliphatic carbocycles. The van der Waals surface area contributed by atoms with Crippen molar-refractivity contribution in [1.29, 1.82) is 0 Å². The van der Waals surface area contributed by atoms with E-state index in [2.05, 4.69) is 78.3 Å². The molecule has 2 aliphatic heterocycles. The molecule has 1 N–H and O–H groups in total. The second-order valence-corrected chi connectivity index (χ2v) is 13.5. The van der Waals surface area contributed by atoms with Crippen molar-refractivity contribution < 1.29 is 4.79 Å². The molecule has 2 atom stereocenters. The summed E-state index contributed by atoms with van der Waals surface area (Å²) in [5.74, 6) is 0.552. The first-order chi connectivity index (χ1) is 21.1. The summed E-state index contributed by atoms with van der Waals surface area (Å²) in [6, 6.07) is 26.1. The molecule has 2 aromatic carbocycles. The second-order valence-electron chi connectivity index (χ2n) is 13.5. The van der Waals surface area contributed by atoms with Crippen LogP contribution < -0.4 is 15.8 Å². The van der Waals surface area contributed by atoms with Gasteiger partial charge in [-0.25, -0.2) is 0 Å². The predicted octanol–water partition coefficient (Wildman–Crippen LogP) is 6.09. The maximum atomic E-state index is 13.6. The molecule has 228 valence electrons. The molecular weight excluding hydrogens is 546 g/mol. The van der Waals surface area contributed by atoms with E-state index in [0.717, 1.165) is 73.9 Å². The molecule has 0 spiro atoms. The van der Waals surface area contributed by atoms with Crippen LogP contribution in [0.3, 0.4) is 0 Å². The summed E-state index contributed by atoms with van der Waals surface area (Å²) in [5.41, 5.74) is 7.17. The summed E-state index contributed by atoms with van der Waals surface area (Å²) in [6.07, 6.45) is 3.80. The molecule has 2 bridgehead atoms. The van der Waals surface area contributed by atoms with E-state index >= 15 is 0 Å². The van der Waals surface area contributed by atoms with Crippen LogP contribution in [0.5, 0.6) is 0 Å². The van der Waals surface area contributed by atoms with Crippen molar-refractivity contribution in [1.82, 2.24) is 14.5 Å². The number of nitrogens with zero attached hydrogens (tertiary/aromatic N) is 4. The highest BCUT2D eigenvalue weighted by molar-refractivity contribution is 6.06. The van der Waals surface area contributed by atoms with Crippen molar-refractivity contribution in [3.8, 4) is 0 Å². The third-order valence-corrected chi connectivity index (χ3v) is 9.07. The van der Waals surface area contributed by atoms with Crippen LogP contribution >= 0.6 is 0 Å². The minimum Gasteiger partial charge on any atom is -0.369 e. The van der Waals surface area contributed by atoms with Crippen molar-refractivity contribution >= 4 is 17.3 Å². The normalized spacial score (nSPS) is 17.8. The highest BCUT2D eigenvalue weighted by atomic mass is 16.1. The summed E-state index contributed by atoms with van der Waals surface area (Å²) in [5, 5.41) is 3.28. The summed E-state index contributed by atoms with van der Waals surface area (Å²) in [4.78, 5) is 35.4. The van der Waals surface area contributed by atoms with Gasteiger partial charge in [-0.2, -0.15) is 0 Å². The highest BCUT2D eigenvalue weighted by Crippen LogP contribution is 2.39. The number of hydrogen-bond acceptors (Lipinski definition) is 5. The van der Waals surface area contributed by atoms with Gasteiger partial charge in [0.1, 0.15) is 0 Å². The molecule has 4 heterocycles. The van der Waals surface area contributed by atoms with E-state index in [1.165, 1.54) is 5.56 Å². The Bertz CT molecular complexity index is 1670. The first kappa shape index (κ1) is 29.8. The van der Waals surface area contributed by atoms with Crippen molar-refractivity contribution in [3.05, 3.63) is 123 Å². The average molecular weight is 590 g/mol. The number of carbonyl (C=O) groups excluding carboxylic acids is 1. The lowest BCUT2D eigenvalue weighted by atomic mass is 9.83.